The van der Waals surface area contributed by atoms with Crippen LogP contribution < -0.4 is 14.9 Å². The van der Waals surface area contributed by atoms with Crippen molar-refractivity contribution >= 4 is 21.8 Å². The first kappa shape index (κ1) is 23.0. The minimum Gasteiger partial charge on any atom is -0.353 e. The van der Waals surface area contributed by atoms with Gasteiger partial charge in [-0.3, -0.25) is 4.99 Å². The number of hydrogen-bond donors (Lipinski definition) is 2. The van der Waals surface area contributed by atoms with Gasteiger partial charge < -0.3 is 15.1 Å². The smallest absolute Gasteiger partial charge is 0.241 e. The molecule has 1 aromatic carbocycles. The monoisotopic (exact) mass is 444 g/mol. The summed E-state index contributed by atoms with van der Waals surface area (Å²) in [5, 5.41) is 3.33. The predicted octanol–water partition coefficient (Wildman–Crippen LogP) is 2.06. The molecule has 1 aliphatic rings. The Bertz CT molecular complexity index is 994. The van der Waals surface area contributed by atoms with E-state index >= 15 is 0 Å². The first-order valence-electron chi connectivity index (χ1n) is 10.4. The second-order valence-electron chi connectivity index (χ2n) is 8.53. The molecule has 2 heterocycles. The molecule has 8 nitrogen and oxygen atoms in total. The number of guanidine groups is 1. The Kier molecular flexibility index (Phi) is 7.17. The molecular weight excluding hydrogens is 412 g/mol. The lowest BCUT2D eigenvalue weighted by Crippen LogP contribution is -2.52. The van der Waals surface area contributed by atoms with Gasteiger partial charge in [-0.15, -0.1) is 0 Å². The van der Waals surface area contributed by atoms with Crippen molar-refractivity contribution in [2.75, 3.05) is 38.1 Å². The number of nitrogens with zero attached hydrogens (tertiary/aromatic N) is 4. The minimum atomic E-state index is -3.62. The molecule has 31 heavy (non-hydrogen) atoms. The van der Waals surface area contributed by atoms with E-state index in [0.29, 0.717) is 12.1 Å². The average Bonchev–Trinajstić information content (AvgIpc) is 2.74. The SMILES string of the molecule is CN=C(NCc1ccccc1S(=O)(=O)NC(C)(C)C)N1CCN(c2ccccn2)CC1. The van der Waals surface area contributed by atoms with Gasteiger partial charge in [0.2, 0.25) is 10.0 Å². The van der Waals surface area contributed by atoms with Crippen molar-refractivity contribution in [1.29, 1.82) is 0 Å². The van der Waals surface area contributed by atoms with Crippen LogP contribution in [0.15, 0.2) is 58.5 Å². The number of nitrogens with one attached hydrogen (secondary N) is 2. The quantitative estimate of drug-likeness (QED) is 0.542. The molecule has 1 aliphatic heterocycles. The average molecular weight is 445 g/mol. The van der Waals surface area contributed by atoms with E-state index in [2.05, 4.69) is 29.8 Å². The first-order valence-corrected chi connectivity index (χ1v) is 11.9. The van der Waals surface area contributed by atoms with Crippen molar-refractivity contribution in [1.82, 2.24) is 19.9 Å². The summed E-state index contributed by atoms with van der Waals surface area (Å²) in [5.74, 6) is 1.74. The fraction of sp³-hybridized carbons (Fsp3) is 0.455. The number of benzene rings is 1. The van der Waals surface area contributed by atoms with Gasteiger partial charge >= 0.3 is 0 Å². The molecule has 3 rings (SSSR count). The highest BCUT2D eigenvalue weighted by Gasteiger charge is 2.25. The Morgan fingerprint density at radius 3 is 2.35 bits per heavy atom. The van der Waals surface area contributed by atoms with Crippen LogP contribution in [0.5, 0.6) is 0 Å². The van der Waals surface area contributed by atoms with E-state index in [4.69, 9.17) is 0 Å². The van der Waals surface area contributed by atoms with Gasteiger partial charge in [-0.25, -0.2) is 18.1 Å². The molecule has 1 saturated heterocycles. The molecule has 0 radical (unpaired) electrons. The number of aliphatic imine (C=N–C) groups is 1. The van der Waals surface area contributed by atoms with Crippen LogP contribution >= 0.6 is 0 Å². The molecule has 1 aromatic heterocycles. The fourth-order valence-corrected chi connectivity index (χ4v) is 5.22. The van der Waals surface area contributed by atoms with Gasteiger partial charge in [0, 0.05) is 51.5 Å². The number of hydrogen-bond acceptors (Lipinski definition) is 5. The largest absolute Gasteiger partial charge is 0.353 e. The number of pyridine rings is 1. The number of rotatable bonds is 5. The molecule has 1 fully saturated rings. The molecule has 0 atom stereocenters. The zero-order chi connectivity index (χ0) is 22.5. The summed E-state index contributed by atoms with van der Waals surface area (Å²) < 4.78 is 28.5. The Morgan fingerprint density at radius 1 is 1.06 bits per heavy atom. The highest BCUT2D eigenvalue weighted by Crippen LogP contribution is 2.18. The molecule has 0 unspecified atom stereocenters. The van der Waals surface area contributed by atoms with Gasteiger partial charge in [0.1, 0.15) is 5.82 Å². The Balaban J connectivity index is 1.65. The molecule has 2 aromatic rings. The lowest BCUT2D eigenvalue weighted by atomic mass is 10.1. The van der Waals surface area contributed by atoms with Gasteiger partial charge in [-0.05, 0) is 44.5 Å². The van der Waals surface area contributed by atoms with Crippen molar-refractivity contribution in [2.45, 2.75) is 37.8 Å². The molecule has 0 amide bonds. The van der Waals surface area contributed by atoms with Crippen molar-refractivity contribution < 1.29 is 8.42 Å². The van der Waals surface area contributed by atoms with Crippen molar-refractivity contribution in [3.8, 4) is 0 Å². The van der Waals surface area contributed by atoms with Gasteiger partial charge in [-0.2, -0.15) is 0 Å². The van der Waals surface area contributed by atoms with Crippen LogP contribution in [0, 0.1) is 0 Å². The highest BCUT2D eigenvalue weighted by atomic mass is 32.2. The van der Waals surface area contributed by atoms with Crippen LogP contribution in [0.25, 0.3) is 0 Å². The van der Waals surface area contributed by atoms with Crippen molar-refractivity contribution in [3.63, 3.8) is 0 Å². The van der Waals surface area contributed by atoms with Crippen LogP contribution in [0.3, 0.4) is 0 Å². The molecule has 0 bridgehead atoms. The molecule has 168 valence electrons. The second-order valence-corrected chi connectivity index (χ2v) is 10.2. The Labute approximate surface area is 185 Å². The maximum absolute atomic E-state index is 12.9. The van der Waals surface area contributed by atoms with E-state index < -0.39 is 15.6 Å². The van der Waals surface area contributed by atoms with E-state index in [0.717, 1.165) is 38.0 Å². The summed E-state index contributed by atoms with van der Waals surface area (Å²) in [7, 11) is -1.88. The summed E-state index contributed by atoms with van der Waals surface area (Å²) in [6.45, 7) is 9.17. The molecule has 9 heteroatoms. The zero-order valence-electron chi connectivity index (χ0n) is 18.7. The molecule has 0 saturated carbocycles. The van der Waals surface area contributed by atoms with E-state index in [-0.39, 0.29) is 4.90 Å². The van der Waals surface area contributed by atoms with E-state index in [1.165, 1.54) is 0 Å². The fourth-order valence-electron chi connectivity index (χ4n) is 3.56. The molecule has 0 spiro atoms. The van der Waals surface area contributed by atoms with Gasteiger partial charge in [0.25, 0.3) is 0 Å². The van der Waals surface area contributed by atoms with Crippen LogP contribution in [0.1, 0.15) is 26.3 Å². The Hall–Kier alpha value is -2.65. The van der Waals surface area contributed by atoms with Gasteiger partial charge in [0.15, 0.2) is 5.96 Å². The van der Waals surface area contributed by atoms with Crippen molar-refractivity contribution in [2.24, 2.45) is 4.99 Å². The topological polar surface area (TPSA) is 89.9 Å². The first-order chi connectivity index (χ1) is 14.7. The van der Waals surface area contributed by atoms with Crippen LogP contribution in [0.4, 0.5) is 5.82 Å². The summed E-state index contributed by atoms with van der Waals surface area (Å²) in [6, 6.07) is 13.0. The Morgan fingerprint density at radius 2 is 1.74 bits per heavy atom. The maximum atomic E-state index is 12.9. The van der Waals surface area contributed by atoms with E-state index in [1.54, 1.807) is 19.2 Å². The minimum absolute atomic E-state index is 0.285. The van der Waals surface area contributed by atoms with Crippen LogP contribution in [-0.2, 0) is 16.6 Å². The number of piperazine rings is 1. The second kappa shape index (κ2) is 9.65. The van der Waals surface area contributed by atoms with E-state index in [1.807, 2.05) is 57.3 Å². The third-order valence-electron chi connectivity index (χ3n) is 4.90. The lowest BCUT2D eigenvalue weighted by molar-refractivity contribution is 0.371. The third-order valence-corrected chi connectivity index (χ3v) is 6.76. The van der Waals surface area contributed by atoms with E-state index in [9.17, 15) is 8.42 Å². The summed E-state index contributed by atoms with van der Waals surface area (Å²) in [5.41, 5.74) is 0.149. The molecule has 0 aliphatic carbocycles. The molecular formula is C22H32N6O2S. The maximum Gasteiger partial charge on any atom is 0.241 e. The highest BCUT2D eigenvalue weighted by molar-refractivity contribution is 7.89. The zero-order valence-corrected chi connectivity index (χ0v) is 19.5. The van der Waals surface area contributed by atoms with Crippen LogP contribution in [0.2, 0.25) is 0 Å². The van der Waals surface area contributed by atoms with Crippen molar-refractivity contribution in [3.05, 3.63) is 54.2 Å². The summed E-state index contributed by atoms with van der Waals surface area (Å²) >= 11 is 0. The third kappa shape index (κ3) is 6.18. The number of sulfonamides is 1. The van der Waals surface area contributed by atoms with Gasteiger partial charge in [0.05, 0.1) is 4.90 Å². The standard InChI is InChI=1S/C22H32N6O2S/c1-22(2,3)26-31(29,30)19-10-6-5-9-18(19)17-25-21(23-4)28-15-13-27(14-16-28)20-11-7-8-12-24-20/h5-12,26H,13-17H2,1-4H3,(H,23,25). The normalized spacial score (nSPS) is 15.8. The lowest BCUT2D eigenvalue weighted by Gasteiger charge is -2.37. The molecule has 2 N–H and O–H groups in total. The summed E-state index contributed by atoms with van der Waals surface area (Å²) in [4.78, 5) is 13.6. The van der Waals surface area contributed by atoms with Crippen LogP contribution in [-0.4, -0.2) is 63.0 Å². The number of aromatic nitrogens is 1. The predicted molar refractivity (Wildman–Crippen MR) is 125 cm³/mol. The van der Waals surface area contributed by atoms with Gasteiger partial charge in [-0.1, -0.05) is 24.3 Å². The number of anilines is 1. The summed E-state index contributed by atoms with van der Waals surface area (Å²) in [6.07, 6.45) is 1.81.